The van der Waals surface area contributed by atoms with E-state index in [1.807, 2.05) is 24.3 Å². The van der Waals surface area contributed by atoms with Crippen molar-refractivity contribution in [2.24, 2.45) is 10.7 Å². The Morgan fingerprint density at radius 3 is 2.74 bits per heavy atom. The predicted molar refractivity (Wildman–Crippen MR) is 87.8 cm³/mol. The summed E-state index contributed by atoms with van der Waals surface area (Å²) in [5, 5.41) is 2.99. The minimum atomic E-state index is -2.87. The number of anilines is 1. The Kier molecular flexibility index (Phi) is 5.91. The molecule has 0 amide bonds. The van der Waals surface area contributed by atoms with E-state index < -0.39 is 6.61 Å². The third kappa shape index (κ3) is 5.25. The van der Waals surface area contributed by atoms with Crippen LogP contribution < -0.4 is 15.8 Å². The van der Waals surface area contributed by atoms with E-state index in [9.17, 15) is 8.78 Å². The van der Waals surface area contributed by atoms with Crippen molar-refractivity contribution in [1.29, 1.82) is 0 Å². The van der Waals surface area contributed by atoms with E-state index in [1.54, 1.807) is 18.2 Å². The smallest absolute Gasteiger partial charge is 0.387 e. The normalized spacial score (nSPS) is 11.6. The van der Waals surface area contributed by atoms with E-state index in [1.165, 1.54) is 11.6 Å². The summed E-state index contributed by atoms with van der Waals surface area (Å²) in [6.45, 7) is -0.654. The number of guanidine groups is 1. The van der Waals surface area contributed by atoms with Crippen LogP contribution in [0.3, 0.4) is 0 Å². The average molecular weight is 319 g/mol. The van der Waals surface area contributed by atoms with Crippen molar-refractivity contribution in [1.82, 2.24) is 0 Å². The van der Waals surface area contributed by atoms with Gasteiger partial charge < -0.3 is 15.8 Å². The van der Waals surface area contributed by atoms with Crippen molar-refractivity contribution in [2.75, 3.05) is 5.32 Å². The second kappa shape index (κ2) is 8.12. The quantitative estimate of drug-likeness (QED) is 0.629. The van der Waals surface area contributed by atoms with Gasteiger partial charge in [-0.25, -0.2) is 4.99 Å². The first-order chi connectivity index (χ1) is 11.1. The van der Waals surface area contributed by atoms with Gasteiger partial charge in [0.05, 0.1) is 6.54 Å². The van der Waals surface area contributed by atoms with E-state index in [0.29, 0.717) is 5.56 Å². The SMILES string of the molecule is CCc1cccc(NC(N)=NCc2ccccc2OC(F)F)c1. The minimum Gasteiger partial charge on any atom is -0.434 e. The van der Waals surface area contributed by atoms with Gasteiger partial charge in [0, 0.05) is 11.3 Å². The predicted octanol–water partition coefficient (Wildman–Crippen LogP) is 3.78. The largest absolute Gasteiger partial charge is 0.434 e. The van der Waals surface area contributed by atoms with Crippen molar-refractivity contribution < 1.29 is 13.5 Å². The molecule has 0 atom stereocenters. The van der Waals surface area contributed by atoms with Gasteiger partial charge in [-0.3, -0.25) is 0 Å². The van der Waals surface area contributed by atoms with Gasteiger partial charge >= 0.3 is 6.61 Å². The molecule has 122 valence electrons. The number of para-hydroxylation sites is 1. The molecule has 0 bridgehead atoms. The van der Waals surface area contributed by atoms with Gasteiger partial charge in [-0.15, -0.1) is 0 Å². The van der Waals surface area contributed by atoms with Gasteiger partial charge in [0.25, 0.3) is 0 Å². The van der Waals surface area contributed by atoms with Crippen LogP contribution in [-0.4, -0.2) is 12.6 Å². The summed E-state index contributed by atoms with van der Waals surface area (Å²) >= 11 is 0. The topological polar surface area (TPSA) is 59.6 Å². The first kappa shape index (κ1) is 16.7. The molecule has 2 aromatic carbocycles. The van der Waals surface area contributed by atoms with Crippen molar-refractivity contribution in [2.45, 2.75) is 26.5 Å². The summed E-state index contributed by atoms with van der Waals surface area (Å²) in [5.41, 5.74) is 8.40. The lowest BCUT2D eigenvalue weighted by molar-refractivity contribution is -0.0504. The highest BCUT2D eigenvalue weighted by Gasteiger charge is 2.08. The Morgan fingerprint density at radius 1 is 1.22 bits per heavy atom. The number of ether oxygens (including phenoxy) is 1. The molecule has 0 unspecified atom stereocenters. The summed E-state index contributed by atoms with van der Waals surface area (Å²) in [4.78, 5) is 4.17. The first-order valence-electron chi connectivity index (χ1n) is 7.27. The van der Waals surface area contributed by atoms with Gasteiger partial charge in [-0.1, -0.05) is 37.3 Å². The number of rotatable bonds is 6. The molecule has 4 nitrogen and oxygen atoms in total. The third-order valence-electron chi connectivity index (χ3n) is 3.22. The summed E-state index contributed by atoms with van der Waals surface area (Å²) < 4.78 is 29.2. The lowest BCUT2D eigenvalue weighted by Crippen LogP contribution is -2.22. The van der Waals surface area contributed by atoms with E-state index in [0.717, 1.165) is 12.1 Å². The molecule has 0 aliphatic carbocycles. The fourth-order valence-corrected chi connectivity index (χ4v) is 2.07. The number of hydrogen-bond donors (Lipinski definition) is 2. The van der Waals surface area contributed by atoms with Crippen molar-refractivity contribution >= 4 is 11.6 Å². The van der Waals surface area contributed by atoms with Gasteiger partial charge in [0.1, 0.15) is 5.75 Å². The number of aryl methyl sites for hydroxylation is 1. The van der Waals surface area contributed by atoms with Crippen molar-refractivity contribution in [3.8, 4) is 5.75 Å². The number of nitrogens with one attached hydrogen (secondary N) is 1. The maximum absolute atomic E-state index is 12.4. The Bertz CT molecular complexity index is 674. The monoisotopic (exact) mass is 319 g/mol. The second-order valence-electron chi connectivity index (χ2n) is 4.87. The number of hydrogen-bond acceptors (Lipinski definition) is 2. The zero-order valence-corrected chi connectivity index (χ0v) is 12.8. The molecular weight excluding hydrogens is 300 g/mol. The lowest BCUT2D eigenvalue weighted by atomic mass is 10.1. The summed E-state index contributed by atoms with van der Waals surface area (Å²) in [6.07, 6.45) is 0.922. The zero-order chi connectivity index (χ0) is 16.7. The van der Waals surface area contributed by atoms with Crippen LogP contribution in [0.15, 0.2) is 53.5 Å². The average Bonchev–Trinajstić information content (AvgIpc) is 2.53. The second-order valence-corrected chi connectivity index (χ2v) is 4.87. The van der Waals surface area contributed by atoms with E-state index in [-0.39, 0.29) is 18.3 Å². The molecule has 2 rings (SSSR count). The number of nitrogens with zero attached hydrogens (tertiary/aromatic N) is 1. The minimum absolute atomic E-state index is 0.104. The third-order valence-corrected chi connectivity index (χ3v) is 3.22. The number of halogens is 2. The highest BCUT2D eigenvalue weighted by molar-refractivity contribution is 5.92. The van der Waals surface area contributed by atoms with Crippen LogP contribution in [-0.2, 0) is 13.0 Å². The van der Waals surface area contributed by atoms with Gasteiger partial charge in [-0.2, -0.15) is 8.78 Å². The summed E-state index contributed by atoms with van der Waals surface area (Å²) in [7, 11) is 0. The first-order valence-corrected chi connectivity index (χ1v) is 7.27. The Hall–Kier alpha value is -2.63. The van der Waals surface area contributed by atoms with Crippen molar-refractivity contribution in [3.05, 3.63) is 59.7 Å². The molecule has 0 heterocycles. The Balaban J connectivity index is 2.04. The molecule has 0 aliphatic rings. The van der Waals surface area contributed by atoms with Crippen LogP contribution in [0.5, 0.6) is 5.75 Å². The Labute approximate surface area is 134 Å². The fourth-order valence-electron chi connectivity index (χ4n) is 2.07. The summed E-state index contributed by atoms with van der Waals surface area (Å²) in [5.74, 6) is 0.317. The number of alkyl halides is 2. The van der Waals surface area contributed by atoms with Crippen LogP contribution in [0.4, 0.5) is 14.5 Å². The summed E-state index contributed by atoms with van der Waals surface area (Å²) in [6, 6.07) is 14.3. The van der Waals surface area contributed by atoms with Crippen LogP contribution in [0, 0.1) is 0 Å². The van der Waals surface area contributed by atoms with Crippen LogP contribution in [0.1, 0.15) is 18.1 Å². The molecule has 6 heteroatoms. The van der Waals surface area contributed by atoms with E-state index in [2.05, 4.69) is 22.0 Å². The zero-order valence-electron chi connectivity index (χ0n) is 12.8. The molecule has 23 heavy (non-hydrogen) atoms. The molecule has 0 saturated carbocycles. The molecule has 0 aliphatic heterocycles. The number of nitrogens with two attached hydrogens (primary N) is 1. The molecular formula is C17H19F2N3O. The van der Waals surface area contributed by atoms with E-state index >= 15 is 0 Å². The molecule has 0 aromatic heterocycles. The van der Waals surface area contributed by atoms with Crippen LogP contribution in [0.25, 0.3) is 0 Å². The van der Waals surface area contributed by atoms with Gasteiger partial charge in [0.2, 0.25) is 0 Å². The molecule has 0 saturated heterocycles. The number of aliphatic imine (C=N–C) groups is 1. The maximum Gasteiger partial charge on any atom is 0.387 e. The maximum atomic E-state index is 12.4. The standard InChI is InChI=1S/C17H19F2N3O/c1-2-12-6-5-8-14(10-12)22-17(20)21-11-13-7-3-4-9-15(13)23-16(18)19/h3-10,16H,2,11H2,1H3,(H3,20,21,22). The van der Waals surface area contributed by atoms with Gasteiger partial charge in [0.15, 0.2) is 5.96 Å². The molecule has 3 N–H and O–H groups in total. The number of benzene rings is 2. The van der Waals surface area contributed by atoms with Crippen LogP contribution in [0.2, 0.25) is 0 Å². The van der Waals surface area contributed by atoms with Crippen LogP contribution >= 0.6 is 0 Å². The van der Waals surface area contributed by atoms with E-state index in [4.69, 9.17) is 5.73 Å². The highest BCUT2D eigenvalue weighted by atomic mass is 19.3. The highest BCUT2D eigenvalue weighted by Crippen LogP contribution is 2.21. The fraction of sp³-hybridized carbons (Fsp3) is 0.235. The Morgan fingerprint density at radius 2 is 2.00 bits per heavy atom. The molecule has 0 radical (unpaired) electrons. The molecule has 0 spiro atoms. The molecule has 0 fully saturated rings. The lowest BCUT2D eigenvalue weighted by Gasteiger charge is -2.10. The van der Waals surface area contributed by atoms with Crippen molar-refractivity contribution in [3.63, 3.8) is 0 Å². The molecule has 2 aromatic rings. The van der Waals surface area contributed by atoms with Gasteiger partial charge in [-0.05, 0) is 30.2 Å².